The zero-order chi connectivity index (χ0) is 18.7. The van der Waals surface area contributed by atoms with Crippen molar-refractivity contribution >= 4 is 17.6 Å². The summed E-state index contributed by atoms with van der Waals surface area (Å²) in [6.07, 6.45) is 1.40. The van der Waals surface area contributed by atoms with E-state index in [1.807, 2.05) is 13.8 Å². The molecule has 0 spiro atoms. The predicted molar refractivity (Wildman–Crippen MR) is 95.8 cm³/mol. The average molecular weight is 349 g/mol. The minimum absolute atomic E-state index is 0.190. The quantitative estimate of drug-likeness (QED) is 0.803. The lowest BCUT2D eigenvalue weighted by molar-refractivity contribution is 0.0660. The number of imide groups is 1. The lowest BCUT2D eigenvalue weighted by Crippen LogP contribution is -2.34. The molecule has 2 heterocycles. The molecule has 1 N–H and O–H groups in total. The molecule has 0 unspecified atom stereocenters. The van der Waals surface area contributed by atoms with Crippen molar-refractivity contribution in [2.24, 2.45) is 0 Å². The van der Waals surface area contributed by atoms with E-state index in [2.05, 4.69) is 21.6 Å². The molecule has 1 aliphatic rings. The van der Waals surface area contributed by atoms with Gasteiger partial charge in [-0.2, -0.15) is 10.4 Å². The summed E-state index contributed by atoms with van der Waals surface area (Å²) < 4.78 is 0. The van der Waals surface area contributed by atoms with Gasteiger partial charge in [-0.25, -0.2) is 0 Å². The van der Waals surface area contributed by atoms with Crippen molar-refractivity contribution < 1.29 is 9.59 Å². The second-order valence-corrected chi connectivity index (χ2v) is 5.90. The van der Waals surface area contributed by atoms with Gasteiger partial charge in [0.2, 0.25) is 0 Å². The molecule has 132 valence electrons. The number of amides is 2. The number of hydrogen-bond donors (Lipinski definition) is 1. The third-order valence-electron chi connectivity index (χ3n) is 4.46. The van der Waals surface area contributed by atoms with Crippen molar-refractivity contribution in [3.63, 3.8) is 0 Å². The zero-order valence-corrected chi connectivity index (χ0v) is 14.7. The van der Waals surface area contributed by atoms with Crippen LogP contribution in [-0.2, 0) is 12.8 Å². The van der Waals surface area contributed by atoms with Crippen LogP contribution in [0.25, 0.3) is 0 Å². The minimum Gasteiger partial charge on any atom is -0.366 e. The number of fused-ring (bicyclic) bond motifs is 1. The Morgan fingerprint density at radius 2 is 1.73 bits per heavy atom. The Labute approximate surface area is 151 Å². The molecule has 0 atom stereocenters. The summed E-state index contributed by atoms with van der Waals surface area (Å²) in [4.78, 5) is 25.9. The van der Waals surface area contributed by atoms with Crippen LogP contribution in [0.5, 0.6) is 0 Å². The molecule has 7 nitrogen and oxygen atoms in total. The molecule has 2 amide bonds. The second kappa shape index (κ2) is 7.31. The lowest BCUT2D eigenvalue weighted by Gasteiger charge is -2.16. The molecule has 0 radical (unpaired) electrons. The van der Waals surface area contributed by atoms with Gasteiger partial charge in [-0.1, -0.05) is 26.0 Å². The van der Waals surface area contributed by atoms with Crippen LogP contribution < -0.4 is 5.32 Å². The van der Waals surface area contributed by atoms with E-state index in [0.717, 1.165) is 11.3 Å². The number of nitrogens with zero attached hydrogens (tertiary/aromatic N) is 4. The third kappa shape index (κ3) is 2.90. The molecule has 1 aromatic carbocycles. The Bertz CT molecular complexity index is 882. The molecular formula is C19H19N5O2. The van der Waals surface area contributed by atoms with Crippen molar-refractivity contribution in [1.29, 1.82) is 5.26 Å². The van der Waals surface area contributed by atoms with Gasteiger partial charge in [-0.3, -0.25) is 14.5 Å². The van der Waals surface area contributed by atoms with Crippen LogP contribution in [-0.4, -0.2) is 40.0 Å². The topological polar surface area (TPSA) is 99.0 Å². The van der Waals surface area contributed by atoms with E-state index >= 15 is 0 Å². The molecule has 7 heteroatoms. The third-order valence-corrected chi connectivity index (χ3v) is 4.46. The Balaban J connectivity index is 1.73. The maximum absolute atomic E-state index is 12.4. The van der Waals surface area contributed by atoms with Crippen LogP contribution in [0.4, 0.5) is 5.82 Å². The zero-order valence-electron chi connectivity index (χ0n) is 14.7. The number of rotatable bonds is 6. The maximum Gasteiger partial charge on any atom is 0.261 e. The highest BCUT2D eigenvalue weighted by atomic mass is 16.2. The van der Waals surface area contributed by atoms with Crippen LogP contribution in [0, 0.1) is 11.3 Å². The van der Waals surface area contributed by atoms with E-state index < -0.39 is 0 Å². The first-order valence-electron chi connectivity index (χ1n) is 8.59. The van der Waals surface area contributed by atoms with Gasteiger partial charge in [0.1, 0.15) is 11.6 Å². The molecule has 0 saturated heterocycles. The smallest absolute Gasteiger partial charge is 0.261 e. The Morgan fingerprint density at radius 3 is 2.27 bits per heavy atom. The highest BCUT2D eigenvalue weighted by molar-refractivity contribution is 6.21. The van der Waals surface area contributed by atoms with E-state index in [4.69, 9.17) is 0 Å². The van der Waals surface area contributed by atoms with E-state index in [9.17, 15) is 14.9 Å². The van der Waals surface area contributed by atoms with Crippen LogP contribution in [0.1, 0.15) is 51.4 Å². The van der Waals surface area contributed by atoms with E-state index in [1.165, 1.54) is 4.90 Å². The largest absolute Gasteiger partial charge is 0.366 e. The summed E-state index contributed by atoms with van der Waals surface area (Å²) in [5, 5.41) is 20.8. The van der Waals surface area contributed by atoms with Gasteiger partial charge in [-0.15, -0.1) is 5.10 Å². The van der Waals surface area contributed by atoms with Crippen molar-refractivity contribution in [1.82, 2.24) is 15.1 Å². The maximum atomic E-state index is 12.4. The molecule has 1 aromatic heterocycles. The number of carbonyl (C=O) groups is 2. The fraction of sp³-hybridized carbons (Fsp3) is 0.316. The first-order chi connectivity index (χ1) is 12.6. The van der Waals surface area contributed by atoms with Gasteiger partial charge in [-0.05, 0) is 30.5 Å². The number of carbonyl (C=O) groups excluding carboxylic acids is 2. The molecule has 3 rings (SSSR count). The van der Waals surface area contributed by atoms with Gasteiger partial charge in [0, 0.05) is 13.1 Å². The number of hydrogen-bond acceptors (Lipinski definition) is 6. The molecule has 0 saturated carbocycles. The second-order valence-electron chi connectivity index (χ2n) is 5.90. The average Bonchev–Trinajstić information content (AvgIpc) is 2.92. The van der Waals surface area contributed by atoms with Gasteiger partial charge in [0.15, 0.2) is 5.82 Å². The van der Waals surface area contributed by atoms with Crippen molar-refractivity contribution in [2.45, 2.75) is 26.7 Å². The first kappa shape index (κ1) is 17.5. The Morgan fingerprint density at radius 1 is 1.08 bits per heavy atom. The molecule has 2 aromatic rings. The standard InChI is InChI=1S/C19H19N5O2/c1-3-12-15(11-20)17(23-22-16(12)4-2)21-9-10-24-18(25)13-7-5-6-8-14(13)19(24)26/h5-8H,3-4,9-10H2,1-2H3,(H,21,23). The molecule has 0 bridgehead atoms. The summed E-state index contributed by atoms with van der Waals surface area (Å²) in [5.41, 5.74) is 3.02. The fourth-order valence-corrected chi connectivity index (χ4v) is 3.15. The molecule has 0 fully saturated rings. The number of nitrogens with one attached hydrogen (secondary N) is 1. The predicted octanol–water partition coefficient (Wildman–Crippen LogP) is 2.18. The highest BCUT2D eigenvalue weighted by Gasteiger charge is 2.34. The molecule has 1 aliphatic heterocycles. The Kier molecular flexibility index (Phi) is 4.94. The van der Waals surface area contributed by atoms with Gasteiger partial charge in [0.05, 0.1) is 16.8 Å². The number of nitriles is 1. The van der Waals surface area contributed by atoms with Gasteiger partial charge >= 0.3 is 0 Å². The minimum atomic E-state index is -0.297. The van der Waals surface area contributed by atoms with Crippen LogP contribution in [0.15, 0.2) is 24.3 Å². The SMILES string of the molecule is CCc1nnc(NCCN2C(=O)c3ccccc3C2=O)c(C#N)c1CC. The monoisotopic (exact) mass is 349 g/mol. The fourth-order valence-electron chi connectivity index (χ4n) is 3.15. The van der Waals surface area contributed by atoms with Crippen molar-refractivity contribution in [3.05, 3.63) is 52.2 Å². The molecule has 0 aliphatic carbocycles. The van der Waals surface area contributed by atoms with E-state index in [-0.39, 0.29) is 18.4 Å². The summed E-state index contributed by atoms with van der Waals surface area (Å²) in [6.45, 7) is 4.43. The lowest BCUT2D eigenvalue weighted by atomic mass is 10.0. The van der Waals surface area contributed by atoms with Gasteiger partial charge in [0.25, 0.3) is 11.8 Å². The summed E-state index contributed by atoms with van der Waals surface area (Å²) in [5.74, 6) is -0.206. The normalized spacial score (nSPS) is 12.9. The number of benzene rings is 1. The first-order valence-corrected chi connectivity index (χ1v) is 8.59. The summed E-state index contributed by atoms with van der Waals surface area (Å²) in [6, 6.07) is 8.97. The molecular weight excluding hydrogens is 330 g/mol. The van der Waals surface area contributed by atoms with E-state index in [1.54, 1.807) is 24.3 Å². The number of aryl methyl sites for hydroxylation is 1. The number of anilines is 1. The van der Waals surface area contributed by atoms with Crippen LogP contribution in [0.2, 0.25) is 0 Å². The van der Waals surface area contributed by atoms with Crippen molar-refractivity contribution in [3.8, 4) is 6.07 Å². The highest BCUT2D eigenvalue weighted by Crippen LogP contribution is 2.23. The van der Waals surface area contributed by atoms with Gasteiger partial charge < -0.3 is 5.32 Å². The summed E-state index contributed by atoms with van der Waals surface area (Å²) in [7, 11) is 0. The van der Waals surface area contributed by atoms with Crippen molar-refractivity contribution in [2.75, 3.05) is 18.4 Å². The summed E-state index contributed by atoms with van der Waals surface area (Å²) >= 11 is 0. The van der Waals surface area contributed by atoms with Crippen LogP contribution in [0.3, 0.4) is 0 Å². The van der Waals surface area contributed by atoms with E-state index in [0.29, 0.717) is 41.9 Å². The Hall–Kier alpha value is -3.27. The molecule has 26 heavy (non-hydrogen) atoms. The number of aromatic nitrogens is 2. The van der Waals surface area contributed by atoms with Crippen LogP contribution >= 0.6 is 0 Å².